The van der Waals surface area contributed by atoms with Crippen LogP contribution >= 0.6 is 0 Å². The van der Waals surface area contributed by atoms with E-state index < -0.39 is 0 Å². The highest BCUT2D eigenvalue weighted by Crippen LogP contribution is 2.34. The van der Waals surface area contributed by atoms with Gasteiger partial charge in [0, 0.05) is 28.3 Å². The van der Waals surface area contributed by atoms with Crippen molar-refractivity contribution in [2.45, 2.75) is 0 Å². The van der Waals surface area contributed by atoms with Gasteiger partial charge in [-0.3, -0.25) is 0 Å². The van der Waals surface area contributed by atoms with Crippen LogP contribution in [0, 0.1) is 0 Å². The molecule has 50 heavy (non-hydrogen) atoms. The van der Waals surface area contributed by atoms with Crippen LogP contribution in [-0.4, -0.2) is 19.9 Å². The third-order valence-corrected chi connectivity index (χ3v) is 9.73. The second kappa shape index (κ2) is 11.4. The molecular formula is C46H28N4. The maximum atomic E-state index is 5.19. The Kier molecular flexibility index (Phi) is 6.46. The summed E-state index contributed by atoms with van der Waals surface area (Å²) >= 11 is 0. The van der Waals surface area contributed by atoms with Gasteiger partial charge in [-0.05, 0) is 103 Å². The SMILES string of the molecule is c1ccc2cc3cc(-c4cc(-c5ccc6cc7ccccc7cc6c5)nc(-c5ccc(-c6cccc7ncncc67)cc5)n4)ccc3cc2c1. The number of fused-ring (bicyclic) bond motifs is 5. The van der Waals surface area contributed by atoms with Gasteiger partial charge in [0.1, 0.15) is 6.33 Å². The molecule has 0 unspecified atom stereocenters. The van der Waals surface area contributed by atoms with Crippen LogP contribution in [0.25, 0.3) is 99.0 Å². The molecule has 0 amide bonds. The summed E-state index contributed by atoms with van der Waals surface area (Å²) in [5.74, 6) is 0.683. The Bertz CT molecular complexity index is 2790. The van der Waals surface area contributed by atoms with E-state index in [1.807, 2.05) is 18.3 Å². The van der Waals surface area contributed by atoms with Crippen molar-refractivity contribution < 1.29 is 0 Å². The highest BCUT2D eigenvalue weighted by molar-refractivity contribution is 6.01. The number of benzene rings is 8. The Morgan fingerprint density at radius 3 is 1.44 bits per heavy atom. The maximum absolute atomic E-state index is 5.19. The third kappa shape index (κ3) is 4.94. The Labute approximate surface area is 288 Å². The Morgan fingerprint density at radius 2 is 0.860 bits per heavy atom. The zero-order chi connectivity index (χ0) is 33.0. The minimum Gasteiger partial charge on any atom is -0.244 e. The van der Waals surface area contributed by atoms with Crippen LogP contribution in [0.2, 0.25) is 0 Å². The van der Waals surface area contributed by atoms with Crippen LogP contribution in [-0.2, 0) is 0 Å². The Balaban J connectivity index is 1.12. The van der Waals surface area contributed by atoms with Crippen molar-refractivity contribution in [1.82, 2.24) is 19.9 Å². The normalized spacial score (nSPS) is 11.6. The first-order valence-corrected chi connectivity index (χ1v) is 16.8. The van der Waals surface area contributed by atoms with E-state index in [4.69, 9.17) is 9.97 Å². The molecule has 0 fully saturated rings. The monoisotopic (exact) mass is 636 g/mol. The highest BCUT2D eigenvalue weighted by Gasteiger charge is 2.13. The van der Waals surface area contributed by atoms with Gasteiger partial charge in [0.15, 0.2) is 5.82 Å². The first-order valence-electron chi connectivity index (χ1n) is 16.8. The molecule has 0 radical (unpaired) electrons. The minimum absolute atomic E-state index is 0.683. The minimum atomic E-state index is 0.683. The van der Waals surface area contributed by atoms with Crippen LogP contribution < -0.4 is 0 Å². The van der Waals surface area contributed by atoms with Gasteiger partial charge in [0.25, 0.3) is 0 Å². The summed E-state index contributed by atoms with van der Waals surface area (Å²) in [5, 5.41) is 10.7. The van der Waals surface area contributed by atoms with E-state index in [2.05, 4.69) is 156 Å². The van der Waals surface area contributed by atoms with Crippen LogP contribution in [0.3, 0.4) is 0 Å². The van der Waals surface area contributed by atoms with Crippen molar-refractivity contribution in [3.63, 3.8) is 0 Å². The van der Waals surface area contributed by atoms with Crippen LogP contribution in [0.5, 0.6) is 0 Å². The number of rotatable bonds is 4. The van der Waals surface area contributed by atoms with Gasteiger partial charge < -0.3 is 0 Å². The first kappa shape index (κ1) is 28.3. The summed E-state index contributed by atoms with van der Waals surface area (Å²) in [6.07, 6.45) is 3.47. The smallest absolute Gasteiger partial charge is 0.160 e. The van der Waals surface area contributed by atoms with Crippen molar-refractivity contribution in [2.24, 2.45) is 0 Å². The van der Waals surface area contributed by atoms with Crippen molar-refractivity contribution in [3.05, 3.63) is 170 Å². The van der Waals surface area contributed by atoms with Crippen molar-refractivity contribution in [3.8, 4) is 45.0 Å². The van der Waals surface area contributed by atoms with E-state index in [9.17, 15) is 0 Å². The standard InChI is InChI=1S/C46H28N4/c1-3-8-33-22-39-24-37(18-16-35(39)20-31(33)6-1)44-26-45(38-19-17-36-21-32-7-2-4-9-34(32)23-40(36)25-38)50-46(49-44)30-14-12-29(13-15-30)41-10-5-11-43-42(41)27-47-28-48-43/h1-28H. The zero-order valence-electron chi connectivity index (χ0n) is 27.0. The summed E-state index contributed by atoms with van der Waals surface area (Å²) in [6.45, 7) is 0. The number of aromatic nitrogens is 4. The average Bonchev–Trinajstić information content (AvgIpc) is 3.18. The van der Waals surface area contributed by atoms with Gasteiger partial charge in [-0.25, -0.2) is 19.9 Å². The van der Waals surface area contributed by atoms with Crippen LogP contribution in [0.1, 0.15) is 0 Å². The molecule has 0 atom stereocenters. The topological polar surface area (TPSA) is 51.6 Å². The van der Waals surface area contributed by atoms with E-state index in [1.54, 1.807) is 6.33 Å². The fraction of sp³-hybridized carbons (Fsp3) is 0. The van der Waals surface area contributed by atoms with E-state index in [-0.39, 0.29) is 0 Å². The molecule has 0 spiro atoms. The summed E-state index contributed by atoms with van der Waals surface area (Å²) in [7, 11) is 0. The fourth-order valence-corrected chi connectivity index (χ4v) is 7.13. The van der Waals surface area contributed by atoms with E-state index in [1.165, 1.54) is 43.1 Å². The van der Waals surface area contributed by atoms with Gasteiger partial charge in [-0.15, -0.1) is 0 Å². The molecule has 0 aliphatic rings. The molecule has 232 valence electrons. The summed E-state index contributed by atoms with van der Waals surface area (Å²) in [4.78, 5) is 19.1. The van der Waals surface area contributed by atoms with E-state index >= 15 is 0 Å². The predicted octanol–water partition coefficient (Wildman–Crippen LogP) is 11.7. The van der Waals surface area contributed by atoms with E-state index in [0.29, 0.717) is 5.82 Å². The van der Waals surface area contributed by atoms with Crippen molar-refractivity contribution in [2.75, 3.05) is 0 Å². The molecule has 10 rings (SSSR count). The number of hydrogen-bond donors (Lipinski definition) is 0. The predicted molar refractivity (Wildman–Crippen MR) is 207 cm³/mol. The second-order valence-corrected chi connectivity index (χ2v) is 12.8. The van der Waals surface area contributed by atoms with Gasteiger partial charge in [-0.2, -0.15) is 0 Å². The maximum Gasteiger partial charge on any atom is 0.160 e. The molecule has 0 aliphatic heterocycles. The van der Waals surface area contributed by atoms with Crippen LogP contribution in [0.4, 0.5) is 0 Å². The molecule has 0 saturated carbocycles. The molecule has 0 bridgehead atoms. The molecule has 4 heteroatoms. The average molecular weight is 637 g/mol. The molecule has 10 aromatic rings. The molecule has 4 nitrogen and oxygen atoms in total. The van der Waals surface area contributed by atoms with Crippen LogP contribution in [0.15, 0.2) is 170 Å². The van der Waals surface area contributed by atoms with Crippen molar-refractivity contribution >= 4 is 54.0 Å². The fourth-order valence-electron chi connectivity index (χ4n) is 7.13. The number of nitrogens with zero attached hydrogens (tertiary/aromatic N) is 4. The van der Waals surface area contributed by atoms with E-state index in [0.717, 1.165) is 50.1 Å². The van der Waals surface area contributed by atoms with Gasteiger partial charge in [0.05, 0.1) is 16.9 Å². The summed E-state index contributed by atoms with van der Waals surface area (Å²) in [6, 6.07) is 56.1. The Hall–Kier alpha value is -6.78. The molecule has 2 heterocycles. The van der Waals surface area contributed by atoms with Crippen molar-refractivity contribution in [1.29, 1.82) is 0 Å². The lowest BCUT2D eigenvalue weighted by Crippen LogP contribution is -1.96. The lowest BCUT2D eigenvalue weighted by Gasteiger charge is -2.12. The Morgan fingerprint density at radius 1 is 0.360 bits per heavy atom. The molecule has 0 aliphatic carbocycles. The largest absolute Gasteiger partial charge is 0.244 e. The zero-order valence-corrected chi connectivity index (χ0v) is 27.0. The summed E-state index contributed by atoms with van der Waals surface area (Å²) < 4.78 is 0. The second-order valence-electron chi connectivity index (χ2n) is 12.8. The van der Waals surface area contributed by atoms with Gasteiger partial charge in [-0.1, -0.05) is 109 Å². The first-order chi connectivity index (χ1) is 24.7. The third-order valence-electron chi connectivity index (χ3n) is 9.73. The molecule has 0 saturated heterocycles. The highest BCUT2D eigenvalue weighted by atomic mass is 14.9. The molecule has 2 aromatic heterocycles. The molecular weight excluding hydrogens is 609 g/mol. The lowest BCUT2D eigenvalue weighted by atomic mass is 9.98. The molecule has 8 aromatic carbocycles. The van der Waals surface area contributed by atoms with Gasteiger partial charge in [0.2, 0.25) is 0 Å². The number of hydrogen-bond acceptors (Lipinski definition) is 4. The summed E-state index contributed by atoms with van der Waals surface area (Å²) in [5.41, 5.74) is 7.93. The quantitative estimate of drug-likeness (QED) is 0.180. The molecule has 0 N–H and O–H groups in total. The van der Waals surface area contributed by atoms with Gasteiger partial charge >= 0.3 is 0 Å². The lowest BCUT2D eigenvalue weighted by molar-refractivity contribution is 1.18.